The minimum atomic E-state index is -0.933. The van der Waals surface area contributed by atoms with E-state index in [1.807, 2.05) is 0 Å². The molecule has 7 heteroatoms. The lowest BCUT2D eigenvalue weighted by Crippen LogP contribution is -2.53. The summed E-state index contributed by atoms with van der Waals surface area (Å²) in [5.41, 5.74) is 4.50. The van der Waals surface area contributed by atoms with Crippen LogP contribution in [-0.2, 0) is 9.59 Å². The molecule has 2 aliphatic heterocycles. The molecule has 116 valence electrons. The highest BCUT2D eigenvalue weighted by Gasteiger charge is 2.53. The van der Waals surface area contributed by atoms with Crippen molar-refractivity contribution in [1.82, 2.24) is 15.5 Å². The van der Waals surface area contributed by atoms with Crippen molar-refractivity contribution in [1.29, 1.82) is 0 Å². The van der Waals surface area contributed by atoms with Crippen LogP contribution in [0.1, 0.15) is 38.5 Å². The van der Waals surface area contributed by atoms with Gasteiger partial charge in [0, 0.05) is 13.1 Å². The van der Waals surface area contributed by atoms with E-state index in [9.17, 15) is 14.4 Å². The van der Waals surface area contributed by atoms with Crippen LogP contribution in [0.3, 0.4) is 0 Å². The van der Waals surface area contributed by atoms with E-state index in [4.69, 9.17) is 5.73 Å². The highest BCUT2D eigenvalue weighted by Crippen LogP contribution is 2.39. The second-order valence-electron chi connectivity index (χ2n) is 6.51. The number of carbonyl (C=O) groups excluding carboxylic acids is 3. The molecule has 2 saturated heterocycles. The Kier molecular flexibility index (Phi) is 3.39. The van der Waals surface area contributed by atoms with Gasteiger partial charge in [0.05, 0.1) is 12.0 Å². The molecule has 2 heterocycles. The first-order valence-corrected chi connectivity index (χ1v) is 7.64. The number of rotatable bonds is 2. The monoisotopic (exact) mass is 294 g/mol. The smallest absolute Gasteiger partial charge is 0.322 e. The molecule has 1 aliphatic carbocycles. The quantitative estimate of drug-likeness (QED) is 0.608. The minimum Gasteiger partial charge on any atom is -0.339 e. The van der Waals surface area contributed by atoms with Gasteiger partial charge in [-0.1, -0.05) is 19.3 Å². The Balaban J connectivity index is 1.75. The first-order valence-electron chi connectivity index (χ1n) is 7.64. The summed E-state index contributed by atoms with van der Waals surface area (Å²) in [4.78, 5) is 37.9. The van der Waals surface area contributed by atoms with Crippen LogP contribution in [-0.4, -0.2) is 47.9 Å². The van der Waals surface area contributed by atoms with E-state index in [0.717, 1.165) is 32.1 Å². The number of hydrogen-bond donors (Lipinski definition) is 3. The van der Waals surface area contributed by atoms with E-state index in [1.165, 1.54) is 0 Å². The minimum absolute atomic E-state index is 0.0514. The highest BCUT2D eigenvalue weighted by atomic mass is 16.2. The molecule has 1 spiro atoms. The van der Waals surface area contributed by atoms with Crippen molar-refractivity contribution < 1.29 is 14.4 Å². The second-order valence-corrected chi connectivity index (χ2v) is 6.51. The van der Waals surface area contributed by atoms with Crippen LogP contribution in [0.4, 0.5) is 4.79 Å². The summed E-state index contributed by atoms with van der Waals surface area (Å²) in [5, 5.41) is 4.93. The number of nitrogens with zero attached hydrogens (tertiary/aromatic N) is 1. The van der Waals surface area contributed by atoms with Crippen molar-refractivity contribution in [3.63, 3.8) is 0 Å². The van der Waals surface area contributed by atoms with Crippen molar-refractivity contribution in [2.75, 3.05) is 19.6 Å². The Hall–Kier alpha value is -1.63. The largest absolute Gasteiger partial charge is 0.339 e. The van der Waals surface area contributed by atoms with Gasteiger partial charge in [0.1, 0.15) is 5.54 Å². The van der Waals surface area contributed by atoms with E-state index in [0.29, 0.717) is 19.5 Å². The molecule has 1 saturated carbocycles. The number of amides is 4. The first-order chi connectivity index (χ1) is 10.0. The van der Waals surface area contributed by atoms with Gasteiger partial charge in [-0.3, -0.25) is 14.9 Å². The normalized spacial score (nSPS) is 31.4. The van der Waals surface area contributed by atoms with Gasteiger partial charge in [-0.05, 0) is 19.3 Å². The number of urea groups is 1. The Labute approximate surface area is 123 Å². The van der Waals surface area contributed by atoms with Crippen LogP contribution in [0.25, 0.3) is 0 Å². The van der Waals surface area contributed by atoms with E-state index in [2.05, 4.69) is 10.6 Å². The van der Waals surface area contributed by atoms with Gasteiger partial charge < -0.3 is 16.0 Å². The van der Waals surface area contributed by atoms with Crippen LogP contribution in [0.2, 0.25) is 0 Å². The third kappa shape index (κ3) is 2.19. The summed E-state index contributed by atoms with van der Waals surface area (Å²) in [6, 6.07) is -0.472. The number of imide groups is 1. The summed E-state index contributed by atoms with van der Waals surface area (Å²) >= 11 is 0. The summed E-state index contributed by atoms with van der Waals surface area (Å²) in [7, 11) is 0. The van der Waals surface area contributed by atoms with Gasteiger partial charge >= 0.3 is 6.03 Å². The fourth-order valence-corrected chi connectivity index (χ4v) is 3.87. The molecule has 1 unspecified atom stereocenters. The van der Waals surface area contributed by atoms with E-state index in [1.54, 1.807) is 4.90 Å². The van der Waals surface area contributed by atoms with Crippen molar-refractivity contribution >= 4 is 17.8 Å². The van der Waals surface area contributed by atoms with Crippen molar-refractivity contribution in [3.05, 3.63) is 0 Å². The zero-order valence-corrected chi connectivity index (χ0v) is 12.1. The van der Waals surface area contributed by atoms with Crippen LogP contribution >= 0.6 is 0 Å². The predicted molar refractivity (Wildman–Crippen MR) is 75.2 cm³/mol. The molecule has 21 heavy (non-hydrogen) atoms. The molecule has 0 aromatic heterocycles. The number of hydrogen-bond acceptors (Lipinski definition) is 4. The lowest BCUT2D eigenvalue weighted by Gasteiger charge is -2.38. The Morgan fingerprint density at radius 2 is 1.90 bits per heavy atom. The van der Waals surface area contributed by atoms with Crippen LogP contribution in [0.5, 0.6) is 0 Å². The van der Waals surface area contributed by atoms with Gasteiger partial charge in [0.2, 0.25) is 5.91 Å². The zero-order valence-electron chi connectivity index (χ0n) is 12.1. The van der Waals surface area contributed by atoms with E-state index < -0.39 is 17.0 Å². The zero-order chi connectivity index (χ0) is 15.1. The molecule has 0 radical (unpaired) electrons. The fraction of sp³-hybridized carbons (Fsp3) is 0.786. The average Bonchev–Trinajstić information content (AvgIpc) is 3.03. The fourth-order valence-electron chi connectivity index (χ4n) is 3.87. The molecule has 4 N–H and O–H groups in total. The number of likely N-dealkylation sites (tertiary alicyclic amines) is 1. The van der Waals surface area contributed by atoms with Crippen LogP contribution in [0.15, 0.2) is 0 Å². The molecule has 3 fully saturated rings. The van der Waals surface area contributed by atoms with Gasteiger partial charge in [0.15, 0.2) is 0 Å². The molecule has 0 aromatic carbocycles. The third-order valence-electron chi connectivity index (χ3n) is 5.23. The van der Waals surface area contributed by atoms with Crippen molar-refractivity contribution in [3.8, 4) is 0 Å². The van der Waals surface area contributed by atoms with Crippen molar-refractivity contribution in [2.24, 2.45) is 11.1 Å². The average molecular weight is 294 g/mol. The standard InChI is InChI=1S/C14H22N4O3/c15-8-13(4-2-1-3-5-13)11(20)18-7-6-14(9-18)10(19)16-12(21)17-14/h1-9,15H2,(H2,16,17,19,21). The van der Waals surface area contributed by atoms with E-state index in [-0.39, 0.29) is 18.4 Å². The van der Waals surface area contributed by atoms with Gasteiger partial charge in [0.25, 0.3) is 5.91 Å². The van der Waals surface area contributed by atoms with E-state index >= 15 is 0 Å². The second kappa shape index (κ2) is 4.98. The van der Waals surface area contributed by atoms with Crippen molar-refractivity contribution in [2.45, 2.75) is 44.1 Å². The summed E-state index contributed by atoms with van der Waals surface area (Å²) in [5.74, 6) is -0.274. The molecule has 4 amide bonds. The maximum atomic E-state index is 12.9. The molecule has 3 aliphatic rings. The topological polar surface area (TPSA) is 105 Å². The summed E-state index contributed by atoms with van der Waals surface area (Å²) in [6.07, 6.45) is 5.32. The maximum Gasteiger partial charge on any atom is 0.322 e. The van der Waals surface area contributed by atoms with Gasteiger partial charge in [-0.2, -0.15) is 0 Å². The number of carbonyl (C=O) groups is 3. The molecular formula is C14H22N4O3. The third-order valence-corrected chi connectivity index (χ3v) is 5.23. The van der Waals surface area contributed by atoms with Gasteiger partial charge in [-0.15, -0.1) is 0 Å². The lowest BCUT2D eigenvalue weighted by molar-refractivity contribution is -0.142. The molecule has 1 atom stereocenters. The van der Waals surface area contributed by atoms with Gasteiger partial charge in [-0.25, -0.2) is 4.79 Å². The lowest BCUT2D eigenvalue weighted by atomic mass is 9.73. The molecule has 0 bridgehead atoms. The summed E-state index contributed by atoms with van der Waals surface area (Å²) < 4.78 is 0. The number of nitrogens with one attached hydrogen (secondary N) is 2. The predicted octanol–water partition coefficient (Wildman–Crippen LogP) is -0.294. The molecule has 3 rings (SSSR count). The SMILES string of the molecule is NCC1(C(=O)N2CCC3(C2)NC(=O)NC3=O)CCCCC1. The summed E-state index contributed by atoms with van der Waals surface area (Å²) in [6.45, 7) is 1.10. The molecular weight excluding hydrogens is 272 g/mol. The van der Waals surface area contributed by atoms with Crippen LogP contribution < -0.4 is 16.4 Å². The first kappa shape index (κ1) is 14.3. The van der Waals surface area contributed by atoms with Crippen LogP contribution in [0, 0.1) is 5.41 Å². The molecule has 7 nitrogen and oxygen atoms in total. The Bertz CT molecular complexity index is 487. The molecule has 0 aromatic rings. The Morgan fingerprint density at radius 1 is 1.19 bits per heavy atom. The number of nitrogens with two attached hydrogens (primary N) is 1. The Morgan fingerprint density at radius 3 is 2.48 bits per heavy atom. The maximum absolute atomic E-state index is 12.9. The highest BCUT2D eigenvalue weighted by molar-refractivity contribution is 6.07.